The van der Waals surface area contributed by atoms with Crippen molar-refractivity contribution in [3.05, 3.63) is 35.9 Å². The highest BCUT2D eigenvalue weighted by atomic mass is 16.5. The van der Waals surface area contributed by atoms with E-state index in [1.54, 1.807) is 0 Å². The summed E-state index contributed by atoms with van der Waals surface area (Å²) < 4.78 is 5.20. The van der Waals surface area contributed by atoms with Crippen LogP contribution in [0.15, 0.2) is 30.3 Å². The zero-order valence-electron chi connectivity index (χ0n) is 20.0. The molecule has 184 valence electrons. The van der Waals surface area contributed by atoms with Gasteiger partial charge in [-0.2, -0.15) is 0 Å². The van der Waals surface area contributed by atoms with Gasteiger partial charge in [-0.3, -0.25) is 19.2 Å². The van der Waals surface area contributed by atoms with Gasteiger partial charge in [0.05, 0.1) is 6.04 Å². The van der Waals surface area contributed by atoms with Crippen molar-refractivity contribution in [1.29, 1.82) is 0 Å². The second-order valence-electron chi connectivity index (χ2n) is 8.76. The van der Waals surface area contributed by atoms with Gasteiger partial charge in [-0.25, -0.2) is 0 Å². The Balaban J connectivity index is 2.69. The Kier molecular flexibility index (Phi) is 12.1. The van der Waals surface area contributed by atoms with Gasteiger partial charge in [0.25, 0.3) is 0 Å². The monoisotopic (exact) mass is 462 g/mol. The number of nitrogens with one attached hydrogen (secondary N) is 2. The van der Waals surface area contributed by atoms with Crippen LogP contribution in [0.4, 0.5) is 0 Å². The average Bonchev–Trinajstić information content (AvgIpc) is 2.77. The number of carbonyl (C=O) groups is 4. The lowest BCUT2D eigenvalue weighted by Crippen LogP contribution is -2.57. The van der Waals surface area contributed by atoms with Gasteiger partial charge in [0.1, 0.15) is 18.7 Å². The van der Waals surface area contributed by atoms with Gasteiger partial charge in [-0.05, 0) is 30.2 Å². The topological polar surface area (TPSA) is 154 Å². The van der Waals surface area contributed by atoms with E-state index in [-0.39, 0.29) is 31.3 Å². The first-order valence-corrected chi connectivity index (χ1v) is 11.4. The van der Waals surface area contributed by atoms with Gasteiger partial charge in [-0.1, -0.05) is 64.4 Å². The Labute approximate surface area is 196 Å². The largest absolute Gasteiger partial charge is 0.461 e. The van der Waals surface area contributed by atoms with Gasteiger partial charge in [0, 0.05) is 6.42 Å². The van der Waals surface area contributed by atoms with E-state index in [0.29, 0.717) is 12.8 Å². The van der Waals surface area contributed by atoms with E-state index in [0.717, 1.165) is 5.56 Å². The van der Waals surface area contributed by atoms with Crippen molar-refractivity contribution in [2.24, 2.45) is 23.3 Å². The summed E-state index contributed by atoms with van der Waals surface area (Å²) in [7, 11) is 0. The molecule has 6 N–H and O–H groups in total. The summed E-state index contributed by atoms with van der Waals surface area (Å²) in [5.74, 6) is -2.23. The molecule has 9 nitrogen and oxygen atoms in total. The second kappa shape index (κ2) is 14.3. The van der Waals surface area contributed by atoms with Crippen molar-refractivity contribution in [3.8, 4) is 0 Å². The van der Waals surface area contributed by atoms with E-state index in [2.05, 4.69) is 10.6 Å². The summed E-state index contributed by atoms with van der Waals surface area (Å²) in [5, 5.41) is 5.27. The summed E-state index contributed by atoms with van der Waals surface area (Å²) in [6.07, 6.45) is 0.990. The minimum absolute atomic E-state index is 0.0112. The molecule has 0 bridgehead atoms. The number of hydrogen-bond acceptors (Lipinski definition) is 6. The standard InChI is InChI=1S/C24H38N4O5/c1-5-16(4)21(28-23(31)18(25)13-15(2)3)24(32)27-19(22(26)30)11-12-20(29)33-14-17-9-7-6-8-10-17/h6-10,15-16,18-19,21H,5,11-14,25H2,1-4H3,(H2,26,30)(H,27,32)(H,28,31)/t16-,18-,19+,21+/m1/s1. The average molecular weight is 463 g/mol. The summed E-state index contributed by atoms with van der Waals surface area (Å²) >= 11 is 0. The third-order valence-corrected chi connectivity index (χ3v) is 5.40. The number of esters is 1. The molecule has 0 aliphatic heterocycles. The van der Waals surface area contributed by atoms with Crippen LogP contribution in [0.3, 0.4) is 0 Å². The van der Waals surface area contributed by atoms with Crippen LogP contribution in [0.5, 0.6) is 0 Å². The minimum Gasteiger partial charge on any atom is -0.461 e. The van der Waals surface area contributed by atoms with E-state index in [4.69, 9.17) is 16.2 Å². The molecule has 4 atom stereocenters. The molecule has 33 heavy (non-hydrogen) atoms. The fourth-order valence-corrected chi connectivity index (χ4v) is 3.20. The molecule has 0 unspecified atom stereocenters. The maximum atomic E-state index is 12.9. The number of rotatable bonds is 14. The smallest absolute Gasteiger partial charge is 0.306 e. The van der Waals surface area contributed by atoms with Gasteiger partial charge >= 0.3 is 5.97 Å². The van der Waals surface area contributed by atoms with Gasteiger partial charge in [0.15, 0.2) is 0 Å². The highest BCUT2D eigenvalue weighted by Crippen LogP contribution is 2.11. The van der Waals surface area contributed by atoms with Gasteiger partial charge in [-0.15, -0.1) is 0 Å². The Bertz CT molecular complexity index is 784. The lowest BCUT2D eigenvalue weighted by Gasteiger charge is -2.27. The molecule has 0 aliphatic carbocycles. The molecular weight excluding hydrogens is 424 g/mol. The predicted octanol–water partition coefficient (Wildman–Crippen LogP) is 1.38. The maximum Gasteiger partial charge on any atom is 0.306 e. The number of ether oxygens (including phenoxy) is 1. The second-order valence-corrected chi connectivity index (χ2v) is 8.76. The fraction of sp³-hybridized carbons (Fsp3) is 0.583. The van der Waals surface area contributed by atoms with Crippen molar-refractivity contribution in [1.82, 2.24) is 10.6 Å². The van der Waals surface area contributed by atoms with Crippen LogP contribution in [-0.2, 0) is 30.5 Å². The third kappa shape index (κ3) is 10.5. The van der Waals surface area contributed by atoms with E-state index >= 15 is 0 Å². The first-order valence-electron chi connectivity index (χ1n) is 11.4. The predicted molar refractivity (Wildman–Crippen MR) is 125 cm³/mol. The molecule has 0 aliphatic rings. The lowest BCUT2D eigenvalue weighted by atomic mass is 9.96. The first kappa shape index (κ1) is 28.1. The van der Waals surface area contributed by atoms with Crippen LogP contribution < -0.4 is 22.1 Å². The summed E-state index contributed by atoms with van der Waals surface area (Å²) in [4.78, 5) is 49.3. The molecule has 0 saturated heterocycles. The molecule has 3 amide bonds. The third-order valence-electron chi connectivity index (χ3n) is 5.40. The van der Waals surface area contributed by atoms with Crippen molar-refractivity contribution in [3.63, 3.8) is 0 Å². The molecule has 9 heteroatoms. The molecule has 0 radical (unpaired) electrons. The Morgan fingerprint density at radius 1 is 1.00 bits per heavy atom. The Hall–Kier alpha value is -2.94. The summed E-state index contributed by atoms with van der Waals surface area (Å²) in [6, 6.07) is 6.50. The molecule has 1 aromatic carbocycles. The zero-order valence-corrected chi connectivity index (χ0v) is 20.0. The normalized spacial score (nSPS) is 14.6. The van der Waals surface area contributed by atoms with Crippen LogP contribution in [-0.4, -0.2) is 41.8 Å². The number of carbonyl (C=O) groups excluding carboxylic acids is 4. The molecule has 1 rings (SSSR count). The van der Waals surface area contributed by atoms with E-state index in [9.17, 15) is 19.2 Å². The summed E-state index contributed by atoms with van der Waals surface area (Å²) in [6.45, 7) is 7.73. The summed E-state index contributed by atoms with van der Waals surface area (Å²) in [5.41, 5.74) is 12.2. The molecule has 0 fully saturated rings. The number of primary amides is 1. The van der Waals surface area contributed by atoms with E-state index in [1.807, 2.05) is 58.0 Å². The highest BCUT2D eigenvalue weighted by Gasteiger charge is 2.30. The molecule has 1 aromatic rings. The molecule has 0 aromatic heterocycles. The SMILES string of the molecule is CC[C@@H](C)[C@H](NC(=O)[C@H](N)CC(C)C)C(=O)N[C@@H](CCC(=O)OCc1ccccc1)C(N)=O. The quantitative estimate of drug-likeness (QED) is 0.306. The minimum atomic E-state index is -1.07. The van der Waals surface area contributed by atoms with Crippen LogP contribution in [0, 0.1) is 11.8 Å². The van der Waals surface area contributed by atoms with Crippen LogP contribution in [0.2, 0.25) is 0 Å². The van der Waals surface area contributed by atoms with Crippen LogP contribution in [0.1, 0.15) is 58.9 Å². The van der Waals surface area contributed by atoms with Gasteiger partial charge in [0.2, 0.25) is 17.7 Å². The first-order chi connectivity index (χ1) is 15.5. The maximum absolute atomic E-state index is 12.9. The van der Waals surface area contributed by atoms with Crippen LogP contribution in [0.25, 0.3) is 0 Å². The van der Waals surface area contributed by atoms with Crippen LogP contribution >= 0.6 is 0 Å². The number of amides is 3. The molecule has 0 spiro atoms. The fourth-order valence-electron chi connectivity index (χ4n) is 3.20. The number of benzene rings is 1. The molecule has 0 saturated carbocycles. The van der Waals surface area contributed by atoms with Crippen molar-refractivity contribution < 1.29 is 23.9 Å². The van der Waals surface area contributed by atoms with E-state index in [1.165, 1.54) is 0 Å². The lowest BCUT2D eigenvalue weighted by molar-refractivity contribution is -0.145. The Morgan fingerprint density at radius 3 is 2.18 bits per heavy atom. The zero-order chi connectivity index (χ0) is 25.0. The van der Waals surface area contributed by atoms with Crippen molar-refractivity contribution in [2.75, 3.05) is 0 Å². The highest BCUT2D eigenvalue weighted by molar-refractivity contribution is 5.93. The molecular formula is C24H38N4O5. The van der Waals surface area contributed by atoms with Gasteiger partial charge < -0.3 is 26.8 Å². The van der Waals surface area contributed by atoms with Crippen molar-refractivity contribution >= 4 is 23.7 Å². The van der Waals surface area contributed by atoms with E-state index < -0.39 is 41.8 Å². The molecule has 0 heterocycles. The van der Waals surface area contributed by atoms with Crippen molar-refractivity contribution in [2.45, 2.75) is 78.1 Å². The number of nitrogens with two attached hydrogens (primary N) is 2. The number of hydrogen-bond donors (Lipinski definition) is 4. The Morgan fingerprint density at radius 2 is 1.64 bits per heavy atom.